The van der Waals surface area contributed by atoms with Crippen LogP contribution < -0.4 is 15.7 Å². The summed E-state index contributed by atoms with van der Waals surface area (Å²) < 4.78 is 105. The highest BCUT2D eigenvalue weighted by Gasteiger charge is 2.61. The van der Waals surface area contributed by atoms with E-state index in [0.29, 0.717) is 30.9 Å². The maximum absolute atomic E-state index is 15.4. The normalized spacial score (nSPS) is 14.2. The summed E-state index contributed by atoms with van der Waals surface area (Å²) in [6.07, 6.45) is -11.4. The topological polar surface area (TPSA) is 120 Å². The van der Waals surface area contributed by atoms with Crippen molar-refractivity contribution < 1.29 is 49.8 Å². The Bertz CT molecular complexity index is 2080. The number of nitrogens with one attached hydrogen (secondary N) is 1. The van der Waals surface area contributed by atoms with Gasteiger partial charge in [0, 0.05) is 6.10 Å². The average Bonchev–Trinajstić information content (AvgIpc) is 3.65. The average molecular weight is 894 g/mol. The number of alkyl halides is 6. The van der Waals surface area contributed by atoms with Gasteiger partial charge in [0.25, 0.3) is 20.1 Å². The van der Waals surface area contributed by atoms with Gasteiger partial charge in [-0.2, -0.15) is 26.3 Å². The number of hydrogen-bond acceptors (Lipinski definition) is 7. The van der Waals surface area contributed by atoms with Crippen LogP contribution in [0.3, 0.4) is 0 Å². The first-order chi connectivity index (χ1) is 27.3. The number of carbonyl (C=O) groups is 1. The quantitative estimate of drug-likeness (QED) is 0.0435. The molecule has 0 saturated carbocycles. The number of carboxylic acid groups (broad SMARTS) is 1. The number of rotatable bonds is 16. The van der Waals surface area contributed by atoms with Gasteiger partial charge in [-0.3, -0.25) is 5.32 Å². The molecule has 0 fully saturated rings. The van der Waals surface area contributed by atoms with Crippen LogP contribution in [0.5, 0.6) is 0 Å². The summed E-state index contributed by atoms with van der Waals surface area (Å²) in [4.78, 5) is 15.2. The van der Waals surface area contributed by atoms with Crippen LogP contribution in [0.4, 0.5) is 36.8 Å². The molecule has 2 heterocycles. The smallest absolute Gasteiger partial charge is 0.426 e. The zero-order valence-electron chi connectivity index (χ0n) is 32.1. The Morgan fingerprint density at radius 2 is 1.43 bits per heavy atom. The minimum Gasteiger partial charge on any atom is -0.465 e. The second-order valence-electron chi connectivity index (χ2n) is 14.9. The molecule has 17 heteroatoms. The van der Waals surface area contributed by atoms with E-state index in [-0.39, 0.29) is 17.6 Å². The Morgan fingerprint density at radius 1 is 0.862 bits per heavy atom. The summed E-state index contributed by atoms with van der Waals surface area (Å²) in [6, 6.07) is 28.8. The van der Waals surface area contributed by atoms with Crippen LogP contribution in [0.25, 0.3) is 11.6 Å². The van der Waals surface area contributed by atoms with Crippen LogP contribution in [0.1, 0.15) is 76.8 Å². The molecule has 2 N–H and O–H groups in total. The van der Waals surface area contributed by atoms with E-state index in [1.54, 1.807) is 35.6 Å². The zero-order chi connectivity index (χ0) is 42.4. The third-order valence-electron chi connectivity index (χ3n) is 9.72. The van der Waals surface area contributed by atoms with Gasteiger partial charge in [-0.25, -0.2) is 9.78 Å². The highest BCUT2D eigenvalue weighted by molar-refractivity contribution is 9.10. The standard InChI is InChI=1S/C41H43BrF6N4O5Si/c1-27(57-58(38(2,3)4,29-20-12-6-13-21-29)30-22-14-7-15-23-30)17-9-8-16-24-39(41(46,47)48,55-26-28-18-10-5-11-19-28)36-52-51-35(56-36)33-32(49-37(53)54)25-31(34(42)50-33)40(43,44)45/h5-7,10-15,18-23,25,27,49H,8-9,16-17,24,26H2,1-4H3,(H,53,54)/t27-,39+/m0/s1. The number of amides is 1. The van der Waals surface area contributed by atoms with Gasteiger partial charge in [-0.05, 0) is 69.2 Å². The van der Waals surface area contributed by atoms with E-state index in [0.717, 1.165) is 10.4 Å². The maximum Gasteiger partial charge on any atom is 0.426 e. The van der Waals surface area contributed by atoms with E-state index in [4.69, 9.17) is 13.6 Å². The van der Waals surface area contributed by atoms with Crippen LogP contribution in [0.2, 0.25) is 5.04 Å². The molecule has 2 aromatic heterocycles. The summed E-state index contributed by atoms with van der Waals surface area (Å²) in [7, 11) is -2.88. The molecule has 58 heavy (non-hydrogen) atoms. The van der Waals surface area contributed by atoms with Gasteiger partial charge < -0.3 is 18.7 Å². The zero-order valence-corrected chi connectivity index (χ0v) is 34.7. The first kappa shape index (κ1) is 44.5. The fourth-order valence-corrected chi connectivity index (χ4v) is 12.2. The van der Waals surface area contributed by atoms with Crippen molar-refractivity contribution in [1.82, 2.24) is 15.2 Å². The molecule has 0 unspecified atom stereocenters. The third kappa shape index (κ3) is 9.98. The minimum atomic E-state index is -5.12. The lowest BCUT2D eigenvalue weighted by Gasteiger charge is -2.44. The van der Waals surface area contributed by atoms with E-state index >= 15 is 13.2 Å². The van der Waals surface area contributed by atoms with Gasteiger partial charge in [0.15, 0.2) is 5.69 Å². The molecule has 2 atom stereocenters. The van der Waals surface area contributed by atoms with Crippen molar-refractivity contribution in [2.45, 2.75) is 95.5 Å². The van der Waals surface area contributed by atoms with Crippen molar-refractivity contribution in [2.75, 3.05) is 5.32 Å². The SMILES string of the molecule is C[C@@H](CCCCC[C@@](OCc1ccccc1)(c1nnc(-c2nc(Br)c(C(F)(F)F)cc2NC(=O)O)o1)C(F)(F)F)O[Si](c1ccccc1)(c1ccccc1)C(C)(C)C. The number of halogens is 7. The molecular formula is C41H43BrF6N4O5Si. The number of anilines is 1. The molecule has 9 nitrogen and oxygen atoms in total. The monoisotopic (exact) mass is 892 g/mol. The molecule has 0 bridgehead atoms. The fourth-order valence-electron chi connectivity index (χ4n) is 6.95. The molecule has 5 rings (SSSR count). The summed E-state index contributed by atoms with van der Waals surface area (Å²) in [5, 5.41) is 20.4. The van der Waals surface area contributed by atoms with Gasteiger partial charge in [-0.1, -0.05) is 125 Å². The molecule has 1 amide bonds. The van der Waals surface area contributed by atoms with Crippen molar-refractivity contribution in [1.29, 1.82) is 0 Å². The summed E-state index contributed by atoms with van der Waals surface area (Å²) in [5.41, 5.74) is -5.45. The molecule has 3 aromatic carbocycles. The van der Waals surface area contributed by atoms with Gasteiger partial charge in [0.1, 0.15) is 4.60 Å². The van der Waals surface area contributed by atoms with Gasteiger partial charge in [0.05, 0.1) is 17.9 Å². The first-order valence-electron chi connectivity index (χ1n) is 18.4. The van der Waals surface area contributed by atoms with Crippen molar-refractivity contribution in [3.05, 3.63) is 119 Å². The predicted octanol–water partition coefficient (Wildman–Crippen LogP) is 10.9. The van der Waals surface area contributed by atoms with E-state index in [2.05, 4.69) is 76.1 Å². The number of benzene rings is 3. The van der Waals surface area contributed by atoms with Gasteiger partial charge in [-0.15, -0.1) is 10.2 Å². The fraction of sp³-hybridized carbons (Fsp3) is 0.366. The molecule has 5 aromatic rings. The largest absolute Gasteiger partial charge is 0.465 e. The summed E-state index contributed by atoms with van der Waals surface area (Å²) in [5.74, 6) is -1.78. The second kappa shape index (κ2) is 18.1. The van der Waals surface area contributed by atoms with Crippen molar-refractivity contribution in [3.63, 3.8) is 0 Å². The minimum absolute atomic E-state index is 0.00611. The van der Waals surface area contributed by atoms with Gasteiger partial charge in [0.2, 0.25) is 5.60 Å². The molecule has 310 valence electrons. The van der Waals surface area contributed by atoms with Crippen LogP contribution in [-0.2, 0) is 27.5 Å². The molecule has 0 aliphatic rings. The predicted molar refractivity (Wildman–Crippen MR) is 212 cm³/mol. The number of hydrogen-bond donors (Lipinski definition) is 2. The molecule has 0 radical (unpaired) electrons. The van der Waals surface area contributed by atoms with E-state index in [9.17, 15) is 23.1 Å². The molecular weight excluding hydrogens is 850 g/mol. The second-order valence-corrected chi connectivity index (χ2v) is 19.9. The summed E-state index contributed by atoms with van der Waals surface area (Å²) in [6.45, 7) is 7.96. The Hall–Kier alpha value is -4.58. The van der Waals surface area contributed by atoms with Crippen LogP contribution in [-0.4, -0.2) is 47.0 Å². The maximum atomic E-state index is 15.4. The molecule has 0 aliphatic heterocycles. The van der Waals surface area contributed by atoms with Crippen LogP contribution in [0, 0.1) is 0 Å². The molecule has 0 aliphatic carbocycles. The van der Waals surface area contributed by atoms with Crippen LogP contribution >= 0.6 is 15.9 Å². The Morgan fingerprint density at radius 3 is 1.95 bits per heavy atom. The Balaban J connectivity index is 1.41. The van der Waals surface area contributed by atoms with E-state index in [1.165, 1.54) is 0 Å². The number of unbranched alkanes of at least 4 members (excludes halogenated alkanes) is 2. The number of ether oxygens (including phenoxy) is 1. The lowest BCUT2D eigenvalue weighted by Crippen LogP contribution is -2.67. The summed E-state index contributed by atoms with van der Waals surface area (Å²) >= 11 is 2.71. The molecule has 0 saturated heterocycles. The number of pyridine rings is 1. The number of aromatic nitrogens is 3. The van der Waals surface area contributed by atoms with E-state index < -0.39 is 78.7 Å². The Labute approximate surface area is 341 Å². The Kier molecular flexibility index (Phi) is 13.9. The first-order valence-corrected chi connectivity index (χ1v) is 21.1. The van der Waals surface area contributed by atoms with Crippen molar-refractivity contribution >= 4 is 46.4 Å². The van der Waals surface area contributed by atoms with Crippen LogP contribution in [0.15, 0.2) is 106 Å². The lowest BCUT2D eigenvalue weighted by atomic mass is 9.94. The highest BCUT2D eigenvalue weighted by Crippen LogP contribution is 2.47. The molecule has 0 spiro atoms. The third-order valence-corrected chi connectivity index (χ3v) is 15.5. The van der Waals surface area contributed by atoms with E-state index in [1.807, 2.05) is 43.3 Å². The van der Waals surface area contributed by atoms with Gasteiger partial charge >= 0.3 is 18.4 Å². The van der Waals surface area contributed by atoms with Crippen molar-refractivity contribution in [2.24, 2.45) is 0 Å². The number of nitrogens with zero attached hydrogens (tertiary/aromatic N) is 3. The lowest BCUT2D eigenvalue weighted by molar-refractivity contribution is -0.300. The van der Waals surface area contributed by atoms with Crippen molar-refractivity contribution in [3.8, 4) is 11.6 Å². The highest BCUT2D eigenvalue weighted by atomic mass is 79.9.